The number of rotatable bonds is 5. The summed E-state index contributed by atoms with van der Waals surface area (Å²) >= 11 is 2.24. The zero-order valence-corrected chi connectivity index (χ0v) is 14.5. The molecule has 1 rings (SSSR count). The van der Waals surface area contributed by atoms with Crippen molar-refractivity contribution in [2.75, 3.05) is 6.54 Å². The topological polar surface area (TPSA) is 55.1 Å². The zero-order chi connectivity index (χ0) is 13.7. The van der Waals surface area contributed by atoms with Gasteiger partial charge in [-0.05, 0) is 59.5 Å². The summed E-state index contributed by atoms with van der Waals surface area (Å²) in [5.74, 6) is 0.498. The molecule has 0 saturated heterocycles. The third kappa shape index (κ3) is 5.67. The van der Waals surface area contributed by atoms with Crippen molar-refractivity contribution in [1.29, 1.82) is 0 Å². The van der Waals surface area contributed by atoms with Crippen molar-refractivity contribution in [3.8, 4) is 0 Å². The molecular formula is C14H22ClIN2O. The van der Waals surface area contributed by atoms with Crippen molar-refractivity contribution in [3.05, 3.63) is 32.9 Å². The van der Waals surface area contributed by atoms with E-state index in [2.05, 4.69) is 41.8 Å². The molecule has 108 valence electrons. The number of carbonyl (C=O) groups excluding carboxylic acids is 1. The van der Waals surface area contributed by atoms with Crippen molar-refractivity contribution in [3.63, 3.8) is 0 Å². The van der Waals surface area contributed by atoms with Crippen LogP contribution in [0.2, 0.25) is 0 Å². The van der Waals surface area contributed by atoms with Gasteiger partial charge in [-0.2, -0.15) is 0 Å². The number of amides is 1. The van der Waals surface area contributed by atoms with Gasteiger partial charge in [0.15, 0.2) is 0 Å². The number of hydrogen-bond acceptors (Lipinski definition) is 2. The SMILES string of the molecule is Cc1c(I)cccc1C(=O)NC(CN)CC(C)C.Cl. The molecule has 0 heterocycles. The Balaban J connectivity index is 0.00000324. The third-order valence-corrected chi connectivity index (χ3v) is 4.06. The minimum Gasteiger partial charge on any atom is -0.348 e. The molecule has 0 saturated carbocycles. The molecule has 5 heteroatoms. The average molecular weight is 397 g/mol. The summed E-state index contributed by atoms with van der Waals surface area (Å²) in [5, 5.41) is 3.02. The summed E-state index contributed by atoms with van der Waals surface area (Å²) in [4.78, 5) is 12.2. The van der Waals surface area contributed by atoms with E-state index in [1.165, 1.54) is 0 Å². The Hall–Kier alpha value is -0.330. The number of nitrogens with two attached hydrogens (primary N) is 1. The van der Waals surface area contributed by atoms with Gasteiger partial charge in [0.25, 0.3) is 5.91 Å². The molecule has 3 nitrogen and oxygen atoms in total. The van der Waals surface area contributed by atoms with Gasteiger partial charge in [-0.3, -0.25) is 4.79 Å². The quantitative estimate of drug-likeness (QED) is 0.751. The number of halogens is 2. The van der Waals surface area contributed by atoms with Crippen LogP contribution >= 0.6 is 35.0 Å². The molecular weight excluding hydrogens is 375 g/mol. The van der Waals surface area contributed by atoms with E-state index in [9.17, 15) is 4.79 Å². The first-order valence-corrected chi connectivity index (χ1v) is 7.29. The Morgan fingerprint density at radius 3 is 2.58 bits per heavy atom. The molecule has 0 aliphatic rings. The van der Waals surface area contributed by atoms with Crippen molar-refractivity contribution >= 4 is 40.9 Å². The first-order valence-electron chi connectivity index (χ1n) is 6.21. The molecule has 0 fully saturated rings. The van der Waals surface area contributed by atoms with Gasteiger partial charge < -0.3 is 11.1 Å². The molecule has 1 unspecified atom stereocenters. The fourth-order valence-electron chi connectivity index (χ4n) is 1.90. The molecule has 0 bridgehead atoms. The predicted molar refractivity (Wildman–Crippen MR) is 90.9 cm³/mol. The standard InChI is InChI=1S/C14H21IN2O.ClH/c1-9(2)7-11(8-16)17-14(18)12-5-4-6-13(15)10(12)3;/h4-6,9,11H,7-8,16H2,1-3H3,(H,17,18);1H. The third-order valence-electron chi connectivity index (χ3n) is 2.89. The predicted octanol–water partition coefficient (Wildman–Crippen LogP) is 3.12. The second kappa shape index (κ2) is 8.76. The Bertz CT molecular complexity index is 424. The van der Waals surface area contributed by atoms with E-state index in [4.69, 9.17) is 5.73 Å². The molecule has 19 heavy (non-hydrogen) atoms. The molecule has 1 atom stereocenters. The molecule has 1 aromatic rings. The lowest BCUT2D eigenvalue weighted by molar-refractivity contribution is 0.0933. The van der Waals surface area contributed by atoms with Crippen LogP contribution in [0.3, 0.4) is 0 Å². The lowest BCUT2D eigenvalue weighted by atomic mass is 10.0. The smallest absolute Gasteiger partial charge is 0.251 e. The van der Waals surface area contributed by atoms with E-state index in [-0.39, 0.29) is 24.4 Å². The first kappa shape index (κ1) is 18.7. The second-order valence-corrected chi connectivity index (χ2v) is 6.11. The highest BCUT2D eigenvalue weighted by Gasteiger charge is 2.15. The highest BCUT2D eigenvalue weighted by atomic mass is 127. The molecule has 0 aromatic heterocycles. The maximum atomic E-state index is 12.2. The normalized spacial score (nSPS) is 11.9. The molecule has 0 aliphatic heterocycles. The van der Waals surface area contributed by atoms with Crippen LogP contribution in [0.1, 0.15) is 36.2 Å². The fourth-order valence-corrected chi connectivity index (χ4v) is 2.40. The van der Waals surface area contributed by atoms with E-state index in [0.29, 0.717) is 12.5 Å². The second-order valence-electron chi connectivity index (χ2n) is 4.95. The Labute approximate surface area is 135 Å². The number of carbonyl (C=O) groups is 1. The number of nitrogens with one attached hydrogen (secondary N) is 1. The van der Waals surface area contributed by atoms with Crippen LogP contribution in [0, 0.1) is 16.4 Å². The van der Waals surface area contributed by atoms with Crippen LogP contribution in [-0.4, -0.2) is 18.5 Å². The summed E-state index contributed by atoms with van der Waals surface area (Å²) in [6.07, 6.45) is 0.908. The van der Waals surface area contributed by atoms with E-state index in [1.54, 1.807) is 0 Å². The zero-order valence-electron chi connectivity index (χ0n) is 11.6. The van der Waals surface area contributed by atoms with Crippen LogP contribution in [0.5, 0.6) is 0 Å². The lowest BCUT2D eigenvalue weighted by Crippen LogP contribution is -2.41. The minimum atomic E-state index is -0.0258. The van der Waals surface area contributed by atoms with Crippen LogP contribution < -0.4 is 11.1 Å². The summed E-state index contributed by atoms with van der Waals surface area (Å²) in [5.41, 5.74) is 7.46. The molecule has 0 spiro atoms. The van der Waals surface area contributed by atoms with Gasteiger partial charge in [0.2, 0.25) is 0 Å². The Morgan fingerprint density at radius 2 is 2.05 bits per heavy atom. The summed E-state index contributed by atoms with van der Waals surface area (Å²) < 4.78 is 1.11. The fraction of sp³-hybridized carbons (Fsp3) is 0.500. The van der Waals surface area contributed by atoms with Gasteiger partial charge in [-0.25, -0.2) is 0 Å². The van der Waals surface area contributed by atoms with Crippen molar-refractivity contribution in [2.45, 2.75) is 33.2 Å². The summed E-state index contributed by atoms with van der Waals surface area (Å²) in [7, 11) is 0. The van der Waals surface area contributed by atoms with Gasteiger partial charge in [0, 0.05) is 21.7 Å². The highest BCUT2D eigenvalue weighted by Crippen LogP contribution is 2.16. The van der Waals surface area contributed by atoms with Crippen LogP contribution in [0.4, 0.5) is 0 Å². The van der Waals surface area contributed by atoms with Crippen molar-refractivity contribution in [2.24, 2.45) is 11.7 Å². The van der Waals surface area contributed by atoms with Gasteiger partial charge in [0.1, 0.15) is 0 Å². The van der Waals surface area contributed by atoms with Gasteiger partial charge in [-0.15, -0.1) is 12.4 Å². The monoisotopic (exact) mass is 396 g/mol. The molecule has 0 aliphatic carbocycles. The maximum absolute atomic E-state index is 12.2. The maximum Gasteiger partial charge on any atom is 0.251 e. The van der Waals surface area contributed by atoms with Gasteiger partial charge in [0.05, 0.1) is 0 Å². The largest absolute Gasteiger partial charge is 0.348 e. The van der Waals surface area contributed by atoms with Gasteiger partial charge in [-0.1, -0.05) is 19.9 Å². The molecule has 3 N–H and O–H groups in total. The Morgan fingerprint density at radius 1 is 1.42 bits per heavy atom. The molecule has 1 amide bonds. The van der Waals surface area contributed by atoms with Crippen LogP contribution in [0.25, 0.3) is 0 Å². The van der Waals surface area contributed by atoms with E-state index in [0.717, 1.165) is 21.1 Å². The number of benzene rings is 1. The molecule has 1 aromatic carbocycles. The first-order chi connectivity index (χ1) is 8.45. The van der Waals surface area contributed by atoms with Gasteiger partial charge >= 0.3 is 0 Å². The minimum absolute atomic E-state index is 0. The van der Waals surface area contributed by atoms with E-state index < -0.39 is 0 Å². The van der Waals surface area contributed by atoms with Crippen LogP contribution in [0.15, 0.2) is 18.2 Å². The Kier molecular flexibility index (Phi) is 8.61. The van der Waals surface area contributed by atoms with Crippen molar-refractivity contribution < 1.29 is 4.79 Å². The molecule has 0 radical (unpaired) electrons. The highest BCUT2D eigenvalue weighted by molar-refractivity contribution is 14.1. The average Bonchev–Trinajstić information content (AvgIpc) is 2.31. The van der Waals surface area contributed by atoms with Crippen molar-refractivity contribution in [1.82, 2.24) is 5.32 Å². The summed E-state index contributed by atoms with van der Waals surface area (Å²) in [6, 6.07) is 5.82. The number of hydrogen-bond donors (Lipinski definition) is 2. The summed E-state index contributed by atoms with van der Waals surface area (Å²) in [6.45, 7) is 6.71. The van der Waals surface area contributed by atoms with Crippen LogP contribution in [-0.2, 0) is 0 Å². The lowest BCUT2D eigenvalue weighted by Gasteiger charge is -2.19. The van der Waals surface area contributed by atoms with E-state index in [1.807, 2.05) is 25.1 Å². The van der Waals surface area contributed by atoms with E-state index >= 15 is 0 Å².